The Balaban J connectivity index is 1.96. The van der Waals surface area contributed by atoms with Gasteiger partial charge in [-0.25, -0.2) is 0 Å². The Morgan fingerprint density at radius 1 is 0.864 bits per heavy atom. The van der Waals surface area contributed by atoms with Crippen molar-refractivity contribution in [2.24, 2.45) is 0 Å². The maximum absolute atomic E-state index is 3.42. The van der Waals surface area contributed by atoms with Crippen molar-refractivity contribution in [2.45, 2.75) is 6.42 Å². The lowest BCUT2D eigenvalue weighted by molar-refractivity contribution is 1.21. The average molecular weight is 283 g/mol. The summed E-state index contributed by atoms with van der Waals surface area (Å²) in [6.07, 6.45) is 15.8. The molecule has 1 aliphatic heterocycles. The Bertz CT molecular complexity index is 820. The van der Waals surface area contributed by atoms with Gasteiger partial charge in [-0.15, -0.1) is 0 Å². The molecule has 1 N–H and O–H groups in total. The Kier molecular flexibility index (Phi) is 3.24. The van der Waals surface area contributed by atoms with Gasteiger partial charge in [-0.3, -0.25) is 0 Å². The fourth-order valence-corrected chi connectivity index (χ4v) is 3.10. The van der Waals surface area contributed by atoms with E-state index in [0.717, 1.165) is 12.1 Å². The highest BCUT2D eigenvalue weighted by molar-refractivity contribution is 5.89. The largest absolute Gasteiger partial charge is 0.361 e. The lowest BCUT2D eigenvalue weighted by atomic mass is 9.91. The summed E-state index contributed by atoms with van der Waals surface area (Å²) in [6.45, 7) is 0. The van der Waals surface area contributed by atoms with Crippen LogP contribution in [0.5, 0.6) is 0 Å². The molecule has 0 fully saturated rings. The molecule has 0 unspecified atom stereocenters. The highest BCUT2D eigenvalue weighted by atomic mass is 14.9. The molecule has 2 aliphatic rings. The van der Waals surface area contributed by atoms with Crippen molar-refractivity contribution in [3.8, 4) is 11.1 Å². The van der Waals surface area contributed by atoms with E-state index in [1.807, 2.05) is 18.4 Å². The van der Waals surface area contributed by atoms with Crippen LogP contribution in [0.2, 0.25) is 0 Å². The fourth-order valence-electron chi connectivity index (χ4n) is 3.10. The van der Waals surface area contributed by atoms with E-state index in [2.05, 4.69) is 72.1 Å². The van der Waals surface area contributed by atoms with E-state index >= 15 is 0 Å². The molecule has 1 heteroatoms. The van der Waals surface area contributed by atoms with E-state index in [4.69, 9.17) is 0 Å². The van der Waals surface area contributed by atoms with Gasteiger partial charge in [-0.05, 0) is 40.8 Å². The first kappa shape index (κ1) is 12.9. The number of hydrogen-bond donors (Lipinski definition) is 1. The molecule has 1 aliphatic carbocycles. The molecule has 0 atom stereocenters. The first-order valence-electron chi connectivity index (χ1n) is 7.62. The summed E-state index contributed by atoms with van der Waals surface area (Å²) in [5.74, 6) is 0. The van der Waals surface area contributed by atoms with Crippen molar-refractivity contribution < 1.29 is 0 Å². The third kappa shape index (κ3) is 2.21. The van der Waals surface area contributed by atoms with E-state index in [-0.39, 0.29) is 0 Å². The third-order valence-electron chi connectivity index (χ3n) is 4.13. The van der Waals surface area contributed by atoms with Crippen LogP contribution in [0.25, 0.3) is 22.9 Å². The van der Waals surface area contributed by atoms with E-state index < -0.39 is 0 Å². The van der Waals surface area contributed by atoms with Gasteiger partial charge in [0.25, 0.3) is 0 Å². The summed E-state index contributed by atoms with van der Waals surface area (Å²) in [5, 5.41) is 3.42. The zero-order valence-electron chi connectivity index (χ0n) is 12.3. The first-order valence-corrected chi connectivity index (χ1v) is 7.62. The number of rotatable bonds is 2. The SMILES string of the molecule is C1=CC=C(c2c(-c3ccccc3)ccc3c2C=CC3)NC=C1. The molecule has 0 saturated heterocycles. The van der Waals surface area contributed by atoms with Gasteiger partial charge in [0.1, 0.15) is 0 Å². The van der Waals surface area contributed by atoms with Gasteiger partial charge in [-0.1, -0.05) is 66.8 Å². The quantitative estimate of drug-likeness (QED) is 0.823. The molecule has 0 aromatic heterocycles. The fraction of sp³-hybridized carbons (Fsp3) is 0.0476. The lowest BCUT2D eigenvalue weighted by Gasteiger charge is -2.17. The third-order valence-corrected chi connectivity index (χ3v) is 4.13. The number of fused-ring (bicyclic) bond motifs is 1. The van der Waals surface area contributed by atoms with Gasteiger partial charge in [-0.2, -0.15) is 0 Å². The van der Waals surface area contributed by atoms with Gasteiger partial charge < -0.3 is 5.32 Å². The van der Waals surface area contributed by atoms with Crippen LogP contribution in [0.4, 0.5) is 0 Å². The summed E-state index contributed by atoms with van der Waals surface area (Å²) >= 11 is 0. The second-order valence-corrected chi connectivity index (χ2v) is 5.50. The Morgan fingerprint density at radius 3 is 2.68 bits per heavy atom. The highest BCUT2D eigenvalue weighted by Gasteiger charge is 2.18. The molecule has 0 bridgehead atoms. The normalized spacial score (nSPS) is 15.2. The van der Waals surface area contributed by atoms with E-state index in [1.54, 1.807) is 0 Å². The molecule has 2 aromatic carbocycles. The van der Waals surface area contributed by atoms with Gasteiger partial charge >= 0.3 is 0 Å². The molecule has 4 rings (SSSR count). The number of benzene rings is 2. The minimum atomic E-state index is 1.02. The minimum Gasteiger partial charge on any atom is -0.361 e. The monoisotopic (exact) mass is 283 g/mol. The number of nitrogens with one attached hydrogen (secondary N) is 1. The smallest absolute Gasteiger partial charge is 0.0465 e. The second kappa shape index (κ2) is 5.53. The molecule has 0 spiro atoms. The molecule has 1 nitrogen and oxygen atoms in total. The van der Waals surface area contributed by atoms with Crippen LogP contribution in [-0.2, 0) is 6.42 Å². The van der Waals surface area contributed by atoms with Crippen LogP contribution in [0.3, 0.4) is 0 Å². The lowest BCUT2D eigenvalue weighted by Crippen LogP contribution is -2.07. The van der Waals surface area contributed by atoms with Gasteiger partial charge in [0.2, 0.25) is 0 Å². The van der Waals surface area contributed by atoms with Crippen molar-refractivity contribution in [2.75, 3.05) is 0 Å². The summed E-state index contributed by atoms with van der Waals surface area (Å²) in [5.41, 5.74) is 7.69. The van der Waals surface area contributed by atoms with Crippen LogP contribution < -0.4 is 5.32 Å². The minimum absolute atomic E-state index is 1.02. The summed E-state index contributed by atoms with van der Waals surface area (Å²) in [7, 11) is 0. The van der Waals surface area contributed by atoms with E-state index in [9.17, 15) is 0 Å². The Labute approximate surface area is 131 Å². The predicted octanol–water partition coefficient (Wildman–Crippen LogP) is 4.94. The van der Waals surface area contributed by atoms with Gasteiger partial charge in [0, 0.05) is 17.5 Å². The van der Waals surface area contributed by atoms with E-state index in [1.165, 1.54) is 27.8 Å². The average Bonchev–Trinajstić information content (AvgIpc) is 2.89. The van der Waals surface area contributed by atoms with E-state index in [0.29, 0.717) is 0 Å². The summed E-state index contributed by atoms with van der Waals surface area (Å²) < 4.78 is 0. The molecule has 106 valence electrons. The summed E-state index contributed by atoms with van der Waals surface area (Å²) in [4.78, 5) is 0. The Morgan fingerprint density at radius 2 is 1.77 bits per heavy atom. The topological polar surface area (TPSA) is 12.0 Å². The molecule has 0 amide bonds. The van der Waals surface area contributed by atoms with Crippen molar-refractivity contribution in [1.29, 1.82) is 0 Å². The van der Waals surface area contributed by atoms with Gasteiger partial charge in [0.05, 0.1) is 0 Å². The molecule has 22 heavy (non-hydrogen) atoms. The van der Waals surface area contributed by atoms with Gasteiger partial charge in [0.15, 0.2) is 0 Å². The van der Waals surface area contributed by atoms with Crippen molar-refractivity contribution in [3.63, 3.8) is 0 Å². The van der Waals surface area contributed by atoms with Crippen LogP contribution >= 0.6 is 0 Å². The van der Waals surface area contributed by atoms with Crippen molar-refractivity contribution >= 4 is 11.8 Å². The first-order chi connectivity index (χ1) is 10.9. The van der Waals surface area contributed by atoms with Crippen LogP contribution in [0.1, 0.15) is 16.7 Å². The predicted molar refractivity (Wildman–Crippen MR) is 94.0 cm³/mol. The maximum atomic E-state index is 3.42. The molecule has 0 radical (unpaired) electrons. The molecular formula is C21H17N. The summed E-state index contributed by atoms with van der Waals surface area (Å²) in [6, 6.07) is 15.1. The van der Waals surface area contributed by atoms with Crippen LogP contribution in [0.15, 0.2) is 79.0 Å². The standard InChI is InChI=1S/C21H17N/c1-3-8-16(9-4-1)19-14-13-17-10-7-11-18(17)21(19)20-12-5-2-6-15-22-20/h1-9,11-15,22H,10H2. The molecule has 0 saturated carbocycles. The highest BCUT2D eigenvalue weighted by Crippen LogP contribution is 2.36. The molecular weight excluding hydrogens is 266 g/mol. The van der Waals surface area contributed by atoms with Crippen molar-refractivity contribution in [3.05, 3.63) is 95.7 Å². The molecule has 1 heterocycles. The van der Waals surface area contributed by atoms with Crippen LogP contribution in [-0.4, -0.2) is 0 Å². The molecule has 2 aromatic rings. The Hall–Kier alpha value is -2.80. The van der Waals surface area contributed by atoms with Crippen molar-refractivity contribution in [1.82, 2.24) is 5.32 Å². The zero-order valence-corrected chi connectivity index (χ0v) is 12.3. The second-order valence-electron chi connectivity index (χ2n) is 5.50. The van der Waals surface area contributed by atoms with Crippen LogP contribution in [0, 0.1) is 0 Å². The zero-order chi connectivity index (χ0) is 14.8. The number of hydrogen-bond acceptors (Lipinski definition) is 1. The maximum Gasteiger partial charge on any atom is 0.0465 e. The number of allylic oxidation sites excluding steroid dienone is 5.